The molecule has 0 saturated heterocycles. The normalized spacial score (nSPS) is 9.25. The first kappa shape index (κ1) is 13.2. The van der Waals surface area contributed by atoms with Gasteiger partial charge in [-0.1, -0.05) is 36.4 Å². The summed E-state index contributed by atoms with van der Waals surface area (Å²) in [4.78, 5) is 4.19. The molecule has 2 rings (SSSR count). The Hall–Kier alpha value is -0.891. The zero-order chi connectivity index (χ0) is 11.8. The summed E-state index contributed by atoms with van der Waals surface area (Å²) in [5, 5.41) is 0. The predicted molar refractivity (Wildman–Crippen MR) is 60.3 cm³/mol. The van der Waals surface area contributed by atoms with Crippen LogP contribution in [0.25, 0.3) is 11.3 Å². The average molecular weight is 286 g/mol. The van der Waals surface area contributed by atoms with Gasteiger partial charge in [0.1, 0.15) is 6.67 Å². The zero-order valence-corrected chi connectivity index (χ0v) is 10.0. The van der Waals surface area contributed by atoms with Crippen LogP contribution in [0.15, 0.2) is 48.5 Å². The maximum absolute atomic E-state index is 12.4. The summed E-state index contributed by atoms with van der Waals surface area (Å²) in [6.07, 6.45) is 0. The van der Waals surface area contributed by atoms with Crippen molar-refractivity contribution >= 4 is 10.1 Å². The van der Waals surface area contributed by atoms with Crippen molar-refractivity contribution in [3.8, 4) is 11.3 Å². The molecule has 0 amide bonds. The van der Waals surface area contributed by atoms with Gasteiger partial charge in [0.25, 0.3) is 0 Å². The van der Waals surface area contributed by atoms with Crippen LogP contribution in [0.4, 0.5) is 4.39 Å². The number of hydrogen-bond donors (Lipinski definition) is 0. The van der Waals surface area contributed by atoms with Crippen LogP contribution in [0.2, 0.25) is 0 Å². The summed E-state index contributed by atoms with van der Waals surface area (Å²) in [7, 11) is 4.20. The molecule has 0 fully saturated rings. The number of alkyl halides is 1. The number of hydrogen-bond acceptors (Lipinski definition) is 1. The van der Waals surface area contributed by atoms with E-state index in [9.17, 15) is 4.39 Å². The summed E-state index contributed by atoms with van der Waals surface area (Å²) >= 11 is 3.66. The third-order valence-electron chi connectivity index (χ3n) is 2.01. The van der Waals surface area contributed by atoms with E-state index in [-0.39, 0.29) is 0 Å². The molecule has 0 radical (unpaired) electrons. The summed E-state index contributed by atoms with van der Waals surface area (Å²) in [6, 6.07) is 15.2. The standard InChI is InChI=1S/C12H10FN.ClH.Cu/c13-9-11-7-4-8-12(14-11)10-5-2-1-3-6-10;;/h1-8H,9H2;1H;/q;;+1/p-1. The van der Waals surface area contributed by atoms with Gasteiger partial charge < -0.3 is 0 Å². The van der Waals surface area contributed by atoms with E-state index in [0.29, 0.717) is 5.69 Å². The van der Waals surface area contributed by atoms with Crippen LogP contribution < -0.4 is 0 Å². The summed E-state index contributed by atoms with van der Waals surface area (Å²) in [6.45, 7) is -0.513. The van der Waals surface area contributed by atoms with Gasteiger partial charge in [0.05, 0.1) is 11.4 Å². The molecule has 1 aromatic carbocycles. The molecule has 2 aromatic rings. The molecule has 0 bridgehead atoms. The zero-order valence-electron chi connectivity index (χ0n) is 8.33. The molecule has 0 saturated carbocycles. The van der Waals surface area contributed by atoms with Gasteiger partial charge in [-0.3, -0.25) is 4.98 Å². The van der Waals surface area contributed by atoms with Gasteiger partial charge in [0.15, 0.2) is 0 Å². The fourth-order valence-electron chi connectivity index (χ4n) is 1.32. The van der Waals surface area contributed by atoms with Crippen molar-refractivity contribution in [3.05, 3.63) is 54.2 Å². The molecule has 0 aliphatic heterocycles. The molecule has 0 atom stereocenters. The minimum absolute atomic E-state index is 0.478. The Labute approximate surface area is 107 Å². The molecular weight excluding hydrogens is 276 g/mol. The Balaban J connectivity index is 0.000000606. The molecule has 0 N–H and O–H groups in total. The second-order valence-electron chi connectivity index (χ2n) is 3.01. The van der Waals surface area contributed by atoms with Gasteiger partial charge in [0.2, 0.25) is 0 Å². The van der Waals surface area contributed by atoms with Gasteiger partial charge in [0, 0.05) is 5.56 Å². The van der Waals surface area contributed by atoms with E-state index in [4.69, 9.17) is 0 Å². The second-order valence-corrected chi connectivity index (χ2v) is 3.01. The number of pyridine rings is 1. The van der Waals surface area contributed by atoms with Crippen LogP contribution in [0.1, 0.15) is 5.69 Å². The van der Waals surface area contributed by atoms with Gasteiger partial charge in [-0.25, -0.2) is 4.39 Å². The van der Waals surface area contributed by atoms with Crippen molar-refractivity contribution in [1.29, 1.82) is 0 Å². The molecule has 0 unspecified atom stereocenters. The van der Waals surface area contributed by atoms with Crippen LogP contribution in [-0.2, 0) is 21.8 Å². The van der Waals surface area contributed by atoms with Crippen LogP contribution in [-0.4, -0.2) is 4.98 Å². The van der Waals surface area contributed by atoms with Crippen molar-refractivity contribution in [2.45, 2.75) is 6.67 Å². The summed E-state index contributed by atoms with van der Waals surface area (Å²) in [5.74, 6) is 0. The van der Waals surface area contributed by atoms with Crippen LogP contribution >= 0.6 is 10.1 Å². The topological polar surface area (TPSA) is 12.9 Å². The fraction of sp³-hybridized carbons (Fsp3) is 0.0833. The Kier molecular flexibility index (Phi) is 6.09. The Morgan fingerprint density at radius 3 is 2.31 bits per heavy atom. The van der Waals surface area contributed by atoms with Gasteiger partial charge in [-0.2, -0.15) is 0 Å². The number of halogens is 2. The minimum atomic E-state index is -0.513. The van der Waals surface area contributed by atoms with Crippen molar-refractivity contribution in [2.75, 3.05) is 0 Å². The van der Waals surface area contributed by atoms with E-state index in [0.717, 1.165) is 11.3 Å². The van der Waals surface area contributed by atoms with E-state index >= 15 is 0 Å². The number of nitrogens with zero attached hydrogens (tertiary/aromatic N) is 1. The first-order valence-corrected chi connectivity index (χ1v) is 5.88. The molecule has 0 spiro atoms. The third-order valence-corrected chi connectivity index (χ3v) is 2.01. The number of aromatic nitrogens is 1. The quantitative estimate of drug-likeness (QED) is 0.763. The Morgan fingerprint density at radius 2 is 1.69 bits per heavy atom. The average Bonchev–Trinajstić information content (AvgIpc) is 2.42. The van der Waals surface area contributed by atoms with E-state index in [1.807, 2.05) is 42.5 Å². The molecule has 88 valence electrons. The Bertz CT molecular complexity index is 422. The molecule has 4 heteroatoms. The SMILES string of the molecule is FCc1cccc(-c2ccccc2)n1.[Cl][Cu]. The van der Waals surface area contributed by atoms with Crippen LogP contribution in [0.5, 0.6) is 0 Å². The van der Waals surface area contributed by atoms with Gasteiger partial charge in [-0.05, 0) is 12.1 Å². The first-order valence-electron chi connectivity index (χ1n) is 4.59. The summed E-state index contributed by atoms with van der Waals surface area (Å²) in [5.41, 5.74) is 2.31. The molecule has 1 heterocycles. The van der Waals surface area contributed by atoms with Crippen molar-refractivity contribution < 1.29 is 19.5 Å². The number of rotatable bonds is 2. The molecule has 1 nitrogen and oxygen atoms in total. The van der Waals surface area contributed by atoms with E-state index < -0.39 is 6.67 Å². The second kappa shape index (κ2) is 7.39. The van der Waals surface area contributed by atoms with Crippen LogP contribution in [0.3, 0.4) is 0 Å². The molecular formula is C12H10ClCuFN. The van der Waals surface area contributed by atoms with Gasteiger partial charge >= 0.3 is 25.2 Å². The van der Waals surface area contributed by atoms with Crippen molar-refractivity contribution in [3.63, 3.8) is 0 Å². The third kappa shape index (κ3) is 3.60. The molecule has 16 heavy (non-hydrogen) atoms. The monoisotopic (exact) mass is 285 g/mol. The number of benzene rings is 1. The van der Waals surface area contributed by atoms with E-state index in [2.05, 4.69) is 30.2 Å². The summed E-state index contributed by atoms with van der Waals surface area (Å²) < 4.78 is 12.4. The Morgan fingerprint density at radius 1 is 1.00 bits per heavy atom. The van der Waals surface area contributed by atoms with Crippen LogP contribution in [0, 0.1) is 0 Å². The maximum atomic E-state index is 12.4. The van der Waals surface area contributed by atoms with Gasteiger partial charge in [-0.15, -0.1) is 0 Å². The fourth-order valence-corrected chi connectivity index (χ4v) is 1.32. The molecule has 0 aliphatic rings. The van der Waals surface area contributed by atoms with E-state index in [1.165, 1.54) is 0 Å². The van der Waals surface area contributed by atoms with E-state index in [1.54, 1.807) is 6.07 Å². The predicted octanol–water partition coefficient (Wildman–Crippen LogP) is 3.91. The molecule has 0 aliphatic carbocycles. The molecule has 1 aromatic heterocycles. The van der Waals surface area contributed by atoms with Crippen molar-refractivity contribution in [1.82, 2.24) is 4.98 Å². The van der Waals surface area contributed by atoms with Crippen molar-refractivity contribution in [2.24, 2.45) is 0 Å². The first-order chi connectivity index (χ1) is 7.90.